The highest BCUT2D eigenvalue weighted by Crippen LogP contribution is 2.24. The van der Waals surface area contributed by atoms with Crippen LogP contribution in [0.2, 0.25) is 0 Å². The Morgan fingerprint density at radius 2 is 2.07 bits per heavy atom. The summed E-state index contributed by atoms with van der Waals surface area (Å²) >= 11 is 0. The Kier molecular flexibility index (Phi) is 6.57. The van der Waals surface area contributed by atoms with Crippen LogP contribution in [0.15, 0.2) is 46.5 Å². The molecule has 2 heterocycles. The maximum absolute atomic E-state index is 13.0. The van der Waals surface area contributed by atoms with Crippen molar-refractivity contribution in [1.29, 1.82) is 0 Å². The third-order valence-corrected chi connectivity index (χ3v) is 6.46. The molecule has 1 aromatic heterocycles. The lowest BCUT2D eigenvalue weighted by Gasteiger charge is -2.19. The van der Waals surface area contributed by atoms with Gasteiger partial charge in [0, 0.05) is 18.3 Å². The van der Waals surface area contributed by atoms with Crippen molar-refractivity contribution in [2.45, 2.75) is 37.8 Å². The molecule has 2 aromatic rings. The zero-order valence-corrected chi connectivity index (χ0v) is 18.5. The summed E-state index contributed by atoms with van der Waals surface area (Å²) in [5.41, 5.74) is 1.06. The molecule has 3 rings (SSSR count). The summed E-state index contributed by atoms with van der Waals surface area (Å²) in [7, 11) is 0.310. The van der Waals surface area contributed by atoms with Gasteiger partial charge in [-0.15, -0.1) is 0 Å². The normalized spacial score (nSPS) is 18.1. The van der Waals surface area contributed by atoms with Gasteiger partial charge in [0.1, 0.15) is 11.9 Å². The van der Waals surface area contributed by atoms with Crippen LogP contribution in [0.25, 0.3) is 0 Å². The molecule has 0 bridgehead atoms. The van der Waals surface area contributed by atoms with E-state index < -0.39 is 16.1 Å². The van der Waals surface area contributed by atoms with Gasteiger partial charge in [0.15, 0.2) is 0 Å². The van der Waals surface area contributed by atoms with Crippen molar-refractivity contribution in [1.82, 2.24) is 19.4 Å². The van der Waals surface area contributed by atoms with Crippen LogP contribution in [0, 0.1) is 5.92 Å². The average Bonchev–Trinajstić information content (AvgIpc) is 3.25. The van der Waals surface area contributed by atoms with Crippen molar-refractivity contribution < 1.29 is 13.2 Å². The summed E-state index contributed by atoms with van der Waals surface area (Å²) in [4.78, 5) is 19.8. The molecule has 1 aliphatic rings. The standard InChI is InChI=1S/C20H28N6O3S/c1-5-14(2)18(20(27)22-15-12-21-26(13-15)11-10-25(3)4)23-19-16-8-6-7-9-17(16)30(28,29)24-19/h6-9,12-14,18H,5,10-11H2,1-4H3,(H,22,27)(H,23,24)/t14-,18-/m0/s1. The molecule has 2 atom stereocenters. The van der Waals surface area contributed by atoms with Crippen LogP contribution in [0.5, 0.6) is 0 Å². The molecule has 2 N–H and O–H groups in total. The van der Waals surface area contributed by atoms with Crippen LogP contribution >= 0.6 is 0 Å². The van der Waals surface area contributed by atoms with Gasteiger partial charge < -0.3 is 10.2 Å². The first kappa shape index (κ1) is 22.0. The number of benzene rings is 1. The van der Waals surface area contributed by atoms with E-state index in [1.165, 1.54) is 6.07 Å². The van der Waals surface area contributed by atoms with Gasteiger partial charge in [-0.3, -0.25) is 19.2 Å². The number of carbonyl (C=O) groups is 1. The van der Waals surface area contributed by atoms with E-state index in [0.29, 0.717) is 24.2 Å². The lowest BCUT2D eigenvalue weighted by Crippen LogP contribution is -2.34. The van der Waals surface area contributed by atoms with Crippen molar-refractivity contribution in [2.24, 2.45) is 10.9 Å². The van der Waals surface area contributed by atoms with E-state index in [0.717, 1.165) is 6.54 Å². The van der Waals surface area contributed by atoms with E-state index in [-0.39, 0.29) is 22.6 Å². The van der Waals surface area contributed by atoms with Crippen molar-refractivity contribution in [3.63, 3.8) is 0 Å². The van der Waals surface area contributed by atoms with E-state index >= 15 is 0 Å². The van der Waals surface area contributed by atoms with E-state index in [9.17, 15) is 13.2 Å². The minimum absolute atomic E-state index is 0.0847. The maximum Gasteiger partial charge on any atom is 0.263 e. The van der Waals surface area contributed by atoms with Gasteiger partial charge in [0.25, 0.3) is 10.0 Å². The van der Waals surface area contributed by atoms with Crippen LogP contribution < -0.4 is 10.0 Å². The lowest BCUT2D eigenvalue weighted by atomic mass is 9.98. The van der Waals surface area contributed by atoms with Crippen molar-refractivity contribution in [2.75, 3.05) is 26.0 Å². The van der Waals surface area contributed by atoms with Gasteiger partial charge in [0.2, 0.25) is 5.91 Å². The second kappa shape index (κ2) is 8.97. The number of hydrogen-bond donors (Lipinski definition) is 2. The number of nitrogens with one attached hydrogen (secondary N) is 2. The number of nitrogens with zero attached hydrogens (tertiary/aromatic N) is 4. The fourth-order valence-electron chi connectivity index (χ4n) is 3.11. The molecule has 1 aliphatic heterocycles. The molecule has 0 spiro atoms. The van der Waals surface area contributed by atoms with Crippen molar-refractivity contribution in [3.05, 3.63) is 42.2 Å². The third-order valence-electron chi connectivity index (χ3n) is 5.06. The Labute approximate surface area is 177 Å². The molecule has 1 aromatic carbocycles. The maximum atomic E-state index is 13.0. The Balaban J connectivity index is 1.82. The molecule has 30 heavy (non-hydrogen) atoms. The number of anilines is 1. The third kappa shape index (κ3) is 4.88. The summed E-state index contributed by atoms with van der Waals surface area (Å²) in [6.07, 6.45) is 4.09. The van der Waals surface area contributed by atoms with Gasteiger partial charge in [-0.05, 0) is 32.1 Å². The molecule has 0 radical (unpaired) electrons. The number of carbonyl (C=O) groups excluding carboxylic acids is 1. The minimum atomic E-state index is -3.66. The molecule has 0 unspecified atom stereocenters. The van der Waals surface area contributed by atoms with Gasteiger partial charge in [-0.2, -0.15) is 5.10 Å². The fourth-order valence-corrected chi connectivity index (χ4v) is 4.34. The Morgan fingerprint density at radius 3 is 2.77 bits per heavy atom. The number of aromatic nitrogens is 2. The molecular weight excluding hydrogens is 404 g/mol. The first-order valence-electron chi connectivity index (χ1n) is 9.89. The van der Waals surface area contributed by atoms with E-state index in [1.54, 1.807) is 35.3 Å². The molecule has 162 valence electrons. The largest absolute Gasteiger partial charge is 0.322 e. The Hall–Kier alpha value is -2.72. The fraction of sp³-hybridized carbons (Fsp3) is 0.450. The number of amides is 1. The summed E-state index contributed by atoms with van der Waals surface area (Å²) in [6.45, 7) is 5.43. The van der Waals surface area contributed by atoms with Crippen LogP contribution in [0.4, 0.5) is 5.69 Å². The Bertz CT molecular complexity index is 1040. The molecule has 0 saturated carbocycles. The highest BCUT2D eigenvalue weighted by molar-refractivity contribution is 7.90. The first-order chi connectivity index (χ1) is 14.2. The first-order valence-corrected chi connectivity index (χ1v) is 11.4. The minimum Gasteiger partial charge on any atom is -0.322 e. The van der Waals surface area contributed by atoms with E-state index in [2.05, 4.69) is 25.0 Å². The molecule has 1 amide bonds. The molecule has 0 fully saturated rings. The monoisotopic (exact) mass is 432 g/mol. The summed E-state index contributed by atoms with van der Waals surface area (Å²) in [5, 5.41) is 7.13. The topological polar surface area (TPSA) is 109 Å². The number of rotatable bonds is 8. The predicted octanol–water partition coefficient (Wildman–Crippen LogP) is 1.54. The summed E-state index contributed by atoms with van der Waals surface area (Å²) in [6, 6.07) is 5.88. The predicted molar refractivity (Wildman–Crippen MR) is 116 cm³/mol. The van der Waals surface area contributed by atoms with Crippen molar-refractivity contribution in [3.8, 4) is 0 Å². The van der Waals surface area contributed by atoms with Crippen LogP contribution in [-0.4, -0.2) is 61.5 Å². The van der Waals surface area contributed by atoms with E-state index in [4.69, 9.17) is 0 Å². The summed E-state index contributed by atoms with van der Waals surface area (Å²) < 4.78 is 28.9. The highest BCUT2D eigenvalue weighted by atomic mass is 32.2. The average molecular weight is 433 g/mol. The lowest BCUT2D eigenvalue weighted by molar-refractivity contribution is -0.118. The zero-order chi connectivity index (χ0) is 21.9. The number of sulfonamides is 1. The smallest absolute Gasteiger partial charge is 0.263 e. The molecule has 9 nitrogen and oxygen atoms in total. The second-order valence-electron chi connectivity index (χ2n) is 7.69. The van der Waals surface area contributed by atoms with Gasteiger partial charge >= 0.3 is 0 Å². The zero-order valence-electron chi connectivity index (χ0n) is 17.7. The number of fused-ring (bicyclic) bond motifs is 1. The van der Waals surface area contributed by atoms with Crippen molar-refractivity contribution >= 4 is 27.5 Å². The molecule has 0 aliphatic carbocycles. The van der Waals surface area contributed by atoms with Gasteiger partial charge in [-0.1, -0.05) is 32.4 Å². The number of aliphatic imine (C=N–C) groups is 1. The second-order valence-corrected chi connectivity index (χ2v) is 9.35. The van der Waals surface area contributed by atoms with Gasteiger partial charge in [-0.25, -0.2) is 8.42 Å². The highest BCUT2D eigenvalue weighted by Gasteiger charge is 2.33. The SMILES string of the molecule is CC[C@H](C)[C@H](N=C1NS(=O)(=O)c2ccccc21)C(=O)Nc1cnn(CCN(C)C)c1. The van der Waals surface area contributed by atoms with E-state index in [1.807, 2.05) is 27.9 Å². The molecule has 10 heteroatoms. The molecular formula is C20H28N6O3S. The van der Waals surface area contributed by atoms with Crippen LogP contribution in [0.3, 0.4) is 0 Å². The van der Waals surface area contributed by atoms with Crippen LogP contribution in [0.1, 0.15) is 25.8 Å². The summed E-state index contributed by atoms with van der Waals surface area (Å²) in [5.74, 6) is -0.182. The number of hydrogen-bond acceptors (Lipinski definition) is 6. The Morgan fingerprint density at radius 1 is 1.33 bits per heavy atom. The van der Waals surface area contributed by atoms with Crippen LogP contribution in [-0.2, 0) is 21.4 Å². The quantitative estimate of drug-likeness (QED) is 0.658. The van der Waals surface area contributed by atoms with Gasteiger partial charge in [0.05, 0.1) is 23.3 Å². The number of amidine groups is 1. The molecule has 0 saturated heterocycles. The number of likely N-dealkylation sites (N-methyl/N-ethyl adjacent to an activating group) is 1.